The minimum absolute atomic E-state index is 0. The first-order valence-electron chi connectivity index (χ1n) is 10.0. The van der Waals surface area contributed by atoms with Crippen molar-refractivity contribution in [3.8, 4) is 0 Å². The minimum Gasteiger partial charge on any atom is -0.375 e. The van der Waals surface area contributed by atoms with Crippen LogP contribution >= 0.6 is 35.6 Å². The summed E-state index contributed by atoms with van der Waals surface area (Å²) in [5, 5.41) is 3.67. The van der Waals surface area contributed by atoms with Crippen molar-refractivity contribution in [1.82, 2.24) is 14.9 Å². The summed E-state index contributed by atoms with van der Waals surface area (Å²) in [6, 6.07) is 6.19. The first-order valence-corrected chi connectivity index (χ1v) is 11.9. The van der Waals surface area contributed by atoms with Crippen LogP contribution in [0.1, 0.15) is 19.8 Å². The molecule has 11 heteroatoms. The molecule has 0 bridgehead atoms. The van der Waals surface area contributed by atoms with Crippen LogP contribution in [0.15, 0.2) is 34.2 Å². The lowest BCUT2D eigenvalue weighted by Crippen LogP contribution is -2.53. The van der Waals surface area contributed by atoms with Gasteiger partial charge in [0.2, 0.25) is 10.0 Å². The summed E-state index contributed by atoms with van der Waals surface area (Å²) >= 11 is 5.89. The summed E-state index contributed by atoms with van der Waals surface area (Å²) in [6.07, 6.45) is 2.28. The zero-order chi connectivity index (χ0) is 20.7. The molecule has 0 aliphatic carbocycles. The van der Waals surface area contributed by atoms with E-state index in [1.807, 2.05) is 6.92 Å². The number of hydrogen-bond donors (Lipinski definition) is 2. The van der Waals surface area contributed by atoms with Crippen molar-refractivity contribution < 1.29 is 17.9 Å². The molecule has 0 saturated carbocycles. The topological polar surface area (TPSA) is 92.3 Å². The Morgan fingerprint density at radius 2 is 2.10 bits per heavy atom. The Labute approximate surface area is 200 Å². The summed E-state index contributed by atoms with van der Waals surface area (Å²) in [7, 11) is -3.61. The van der Waals surface area contributed by atoms with Gasteiger partial charge in [0.1, 0.15) is 6.10 Å². The lowest BCUT2D eigenvalue weighted by Gasteiger charge is -2.37. The second-order valence-corrected chi connectivity index (χ2v) is 9.20. The van der Waals surface area contributed by atoms with E-state index in [2.05, 4.69) is 19.9 Å². The Hall–Kier alpha value is -0.660. The first kappa shape index (κ1) is 25.6. The summed E-state index contributed by atoms with van der Waals surface area (Å²) < 4.78 is 39.0. The second kappa shape index (κ2) is 12.4. The van der Waals surface area contributed by atoms with E-state index in [4.69, 9.17) is 21.1 Å². The first-order chi connectivity index (χ1) is 14.0. The second-order valence-electron chi connectivity index (χ2n) is 7.00. The molecule has 2 aliphatic heterocycles. The van der Waals surface area contributed by atoms with Gasteiger partial charge >= 0.3 is 0 Å². The van der Waals surface area contributed by atoms with Gasteiger partial charge in [-0.15, -0.1) is 24.0 Å². The molecule has 2 unspecified atom stereocenters. The molecule has 30 heavy (non-hydrogen) atoms. The number of aliphatic imine (C=N–C) groups is 1. The third kappa shape index (κ3) is 7.20. The summed E-state index contributed by atoms with van der Waals surface area (Å²) in [5.74, 6) is 0.765. The molecular weight excluding hydrogens is 543 g/mol. The summed E-state index contributed by atoms with van der Waals surface area (Å²) in [6.45, 7) is 6.13. The Balaban J connectivity index is 0.00000320. The number of guanidine groups is 1. The lowest BCUT2D eigenvalue weighted by molar-refractivity contribution is -0.0817. The molecule has 1 aromatic rings. The number of morpholine rings is 1. The maximum absolute atomic E-state index is 12.4. The van der Waals surface area contributed by atoms with E-state index >= 15 is 0 Å². The van der Waals surface area contributed by atoms with E-state index in [0.717, 1.165) is 38.5 Å². The van der Waals surface area contributed by atoms with E-state index < -0.39 is 10.0 Å². The molecule has 0 spiro atoms. The van der Waals surface area contributed by atoms with E-state index in [1.54, 1.807) is 12.1 Å². The summed E-state index contributed by atoms with van der Waals surface area (Å²) in [5.41, 5.74) is 0. The average Bonchev–Trinajstić information content (AvgIpc) is 3.25. The Bertz CT molecular complexity index is 805. The zero-order valence-corrected chi connectivity index (χ0v) is 21.0. The Morgan fingerprint density at radius 1 is 1.30 bits per heavy atom. The van der Waals surface area contributed by atoms with Gasteiger partial charge in [0.15, 0.2) is 5.96 Å². The van der Waals surface area contributed by atoms with E-state index in [9.17, 15) is 8.42 Å². The van der Waals surface area contributed by atoms with Gasteiger partial charge < -0.3 is 19.7 Å². The quantitative estimate of drug-likeness (QED) is 0.225. The standard InChI is InChI=1S/C19H29ClN4O4S.HI/c1-2-21-19(24-10-12-28-18(14-24)17-7-4-11-27-17)22-8-9-23-29(25,26)16-6-3-5-15(20)13-16;/h3,5-6,13,17-18,23H,2,4,7-12,14H2,1H3,(H,21,22);1H. The molecule has 0 radical (unpaired) electrons. The molecule has 2 heterocycles. The van der Waals surface area contributed by atoms with E-state index in [1.165, 1.54) is 12.1 Å². The van der Waals surface area contributed by atoms with Gasteiger partial charge in [0.05, 0.1) is 24.2 Å². The van der Waals surface area contributed by atoms with Gasteiger partial charge in [0, 0.05) is 37.8 Å². The molecule has 0 aromatic heterocycles. The van der Waals surface area contributed by atoms with Crippen molar-refractivity contribution >= 4 is 51.6 Å². The van der Waals surface area contributed by atoms with Gasteiger partial charge in [-0.1, -0.05) is 17.7 Å². The number of nitrogens with zero attached hydrogens (tertiary/aromatic N) is 2. The third-order valence-electron chi connectivity index (χ3n) is 4.88. The maximum atomic E-state index is 12.4. The molecule has 2 atom stereocenters. The van der Waals surface area contributed by atoms with Gasteiger partial charge in [-0.05, 0) is 38.0 Å². The lowest BCUT2D eigenvalue weighted by atomic mass is 10.1. The number of ether oxygens (including phenoxy) is 2. The molecule has 3 rings (SSSR count). The fourth-order valence-corrected chi connectivity index (χ4v) is 4.80. The highest BCUT2D eigenvalue weighted by molar-refractivity contribution is 14.0. The molecule has 2 N–H and O–H groups in total. The predicted molar refractivity (Wildman–Crippen MR) is 128 cm³/mol. The molecule has 0 amide bonds. The highest BCUT2D eigenvalue weighted by Gasteiger charge is 2.32. The number of rotatable bonds is 7. The molecule has 8 nitrogen and oxygen atoms in total. The Morgan fingerprint density at radius 3 is 2.80 bits per heavy atom. The SMILES string of the molecule is CCNC(=NCCNS(=O)(=O)c1cccc(Cl)c1)N1CCOC(C2CCCO2)C1.I. The molecule has 2 saturated heterocycles. The predicted octanol–water partition coefficient (Wildman–Crippen LogP) is 2.08. The van der Waals surface area contributed by atoms with Gasteiger partial charge in [0.25, 0.3) is 0 Å². The van der Waals surface area contributed by atoms with Crippen molar-refractivity contribution in [1.29, 1.82) is 0 Å². The highest BCUT2D eigenvalue weighted by atomic mass is 127. The van der Waals surface area contributed by atoms with Crippen molar-refractivity contribution in [3.05, 3.63) is 29.3 Å². The molecule has 2 fully saturated rings. The van der Waals surface area contributed by atoms with Crippen LogP contribution in [0.3, 0.4) is 0 Å². The maximum Gasteiger partial charge on any atom is 0.240 e. The largest absolute Gasteiger partial charge is 0.375 e. The smallest absolute Gasteiger partial charge is 0.240 e. The third-order valence-corrected chi connectivity index (χ3v) is 6.57. The van der Waals surface area contributed by atoms with Crippen molar-refractivity contribution in [2.45, 2.75) is 36.9 Å². The fourth-order valence-electron chi connectivity index (χ4n) is 3.47. The van der Waals surface area contributed by atoms with Crippen LogP contribution in [0.4, 0.5) is 0 Å². The molecule has 1 aromatic carbocycles. The van der Waals surface area contributed by atoms with Crippen LogP contribution in [0.25, 0.3) is 0 Å². The van der Waals surface area contributed by atoms with Crippen LogP contribution in [0.5, 0.6) is 0 Å². The zero-order valence-electron chi connectivity index (χ0n) is 17.0. The van der Waals surface area contributed by atoms with Crippen molar-refractivity contribution in [3.63, 3.8) is 0 Å². The normalized spacial score (nSPS) is 22.6. The average molecular weight is 573 g/mol. The van der Waals surface area contributed by atoms with Gasteiger partial charge in [-0.25, -0.2) is 13.1 Å². The van der Waals surface area contributed by atoms with E-state index in [0.29, 0.717) is 24.7 Å². The number of nitrogens with one attached hydrogen (secondary N) is 2. The van der Waals surface area contributed by atoms with Gasteiger partial charge in [-0.2, -0.15) is 0 Å². The van der Waals surface area contributed by atoms with Gasteiger partial charge in [-0.3, -0.25) is 4.99 Å². The molecular formula is C19H30ClIN4O4S. The highest BCUT2D eigenvalue weighted by Crippen LogP contribution is 2.21. The van der Waals surface area contributed by atoms with Crippen LogP contribution in [0, 0.1) is 0 Å². The number of sulfonamides is 1. The van der Waals surface area contributed by atoms with Crippen LogP contribution in [-0.4, -0.2) is 77.4 Å². The Kier molecular flexibility index (Phi) is 10.6. The van der Waals surface area contributed by atoms with Crippen LogP contribution < -0.4 is 10.0 Å². The molecule has 170 valence electrons. The van der Waals surface area contributed by atoms with Crippen LogP contribution in [-0.2, 0) is 19.5 Å². The number of benzene rings is 1. The molecule has 2 aliphatic rings. The fraction of sp³-hybridized carbons (Fsp3) is 0.632. The monoisotopic (exact) mass is 572 g/mol. The number of hydrogen-bond acceptors (Lipinski definition) is 5. The minimum atomic E-state index is -3.61. The van der Waals surface area contributed by atoms with Crippen molar-refractivity contribution in [2.24, 2.45) is 4.99 Å². The van der Waals surface area contributed by atoms with Crippen molar-refractivity contribution in [2.75, 3.05) is 45.9 Å². The summed E-state index contributed by atoms with van der Waals surface area (Å²) in [4.78, 5) is 6.90. The van der Waals surface area contributed by atoms with E-state index in [-0.39, 0.29) is 47.6 Å². The number of halogens is 2. The van der Waals surface area contributed by atoms with Crippen LogP contribution in [0.2, 0.25) is 5.02 Å².